The molecule has 55 heavy (non-hydrogen) atoms. The van der Waals surface area contributed by atoms with Crippen molar-refractivity contribution < 1.29 is 56.2 Å². The van der Waals surface area contributed by atoms with Crippen LogP contribution in [-0.2, 0) is 38.3 Å². The number of rotatable bonds is 39. The second kappa shape index (κ2) is 35.1. The van der Waals surface area contributed by atoms with E-state index >= 15 is 0 Å². The van der Waals surface area contributed by atoms with E-state index in [1.165, 1.54) is 135 Å². The zero-order chi connectivity index (χ0) is 40.4. The molecule has 4 N–H and O–H groups in total. The standard InChI is InChI=1S/C42H82O12S/c1-3-5-7-9-11-13-15-17-18-19-21-23-25-27-29-31-38(44)52-36(34-50-32-30-28-26-24-22-20-16-14-12-10-8-6-4-2)35-51-42-40(46)41(54-55(47,48)49)39(45)37(33-43)53-42/h36-37,39-43,45-46H,3-35H2,1-2H3,(H,47,48,49). The van der Waals surface area contributed by atoms with E-state index in [2.05, 4.69) is 18.0 Å². The first-order chi connectivity index (χ1) is 26.6. The van der Waals surface area contributed by atoms with Crippen LogP contribution < -0.4 is 0 Å². The summed E-state index contributed by atoms with van der Waals surface area (Å²) in [4.78, 5) is 12.8. The molecule has 6 atom stereocenters. The highest BCUT2D eigenvalue weighted by molar-refractivity contribution is 7.80. The summed E-state index contributed by atoms with van der Waals surface area (Å²) in [5.74, 6) is -0.394. The first-order valence-electron chi connectivity index (χ1n) is 22.3. The van der Waals surface area contributed by atoms with Crippen LogP contribution in [-0.4, -0.2) is 97.5 Å². The number of unbranched alkanes of at least 4 members (excludes halogenated alkanes) is 26. The SMILES string of the molecule is CCCCCCCCCCCCCCCCCC(=O)OC(COCCCCCCCCCCCCCCC)COC1OC(CO)C(O)C(OS(=O)(=O)O)C1O. The summed E-state index contributed by atoms with van der Waals surface area (Å²) >= 11 is 0. The van der Waals surface area contributed by atoms with Gasteiger partial charge in [0.2, 0.25) is 0 Å². The van der Waals surface area contributed by atoms with Crippen molar-refractivity contribution in [1.29, 1.82) is 0 Å². The Hall–Kier alpha value is -0.900. The molecule has 12 nitrogen and oxygen atoms in total. The van der Waals surface area contributed by atoms with Gasteiger partial charge in [0.25, 0.3) is 0 Å². The first-order valence-corrected chi connectivity index (χ1v) is 23.7. The fourth-order valence-electron chi connectivity index (χ4n) is 7.09. The van der Waals surface area contributed by atoms with Crippen molar-refractivity contribution in [3.63, 3.8) is 0 Å². The summed E-state index contributed by atoms with van der Waals surface area (Å²) < 4.78 is 59.0. The van der Waals surface area contributed by atoms with Gasteiger partial charge in [-0.3, -0.25) is 9.35 Å². The van der Waals surface area contributed by atoms with Crippen molar-refractivity contribution in [2.24, 2.45) is 0 Å². The number of aliphatic hydroxyl groups excluding tert-OH is 3. The lowest BCUT2D eigenvalue weighted by Gasteiger charge is -2.41. The molecule has 0 aromatic heterocycles. The largest absolute Gasteiger partial charge is 0.457 e. The summed E-state index contributed by atoms with van der Waals surface area (Å²) in [5.41, 5.74) is 0. The second-order valence-corrected chi connectivity index (χ2v) is 16.7. The average molecular weight is 811 g/mol. The smallest absolute Gasteiger partial charge is 0.397 e. The summed E-state index contributed by atoms with van der Waals surface area (Å²) in [6.45, 7) is 4.02. The van der Waals surface area contributed by atoms with E-state index in [0.717, 1.165) is 38.5 Å². The summed E-state index contributed by atoms with van der Waals surface area (Å²) in [5, 5.41) is 30.6. The molecule has 6 unspecified atom stereocenters. The maximum Gasteiger partial charge on any atom is 0.397 e. The third-order valence-corrected chi connectivity index (χ3v) is 10.9. The molecule has 0 aliphatic carbocycles. The van der Waals surface area contributed by atoms with E-state index in [-0.39, 0.29) is 19.6 Å². The first kappa shape index (κ1) is 52.1. The molecule has 0 saturated carbocycles. The molecule has 0 aromatic carbocycles. The van der Waals surface area contributed by atoms with E-state index in [1.807, 2.05) is 0 Å². The predicted molar refractivity (Wildman–Crippen MR) is 216 cm³/mol. The van der Waals surface area contributed by atoms with Gasteiger partial charge >= 0.3 is 16.4 Å². The molecule has 0 spiro atoms. The van der Waals surface area contributed by atoms with Crippen LogP contribution >= 0.6 is 0 Å². The third-order valence-electron chi connectivity index (χ3n) is 10.5. The van der Waals surface area contributed by atoms with Crippen LogP contribution in [0.5, 0.6) is 0 Å². The summed E-state index contributed by atoms with van der Waals surface area (Å²) in [7, 11) is -5.05. The normalized spacial score (nSPS) is 20.9. The molecule has 328 valence electrons. The van der Waals surface area contributed by atoms with Gasteiger partial charge in [-0.05, 0) is 12.8 Å². The van der Waals surface area contributed by atoms with Gasteiger partial charge in [-0.2, -0.15) is 8.42 Å². The minimum atomic E-state index is -5.05. The van der Waals surface area contributed by atoms with Crippen molar-refractivity contribution in [3.8, 4) is 0 Å². The Kier molecular flexibility index (Phi) is 33.2. The zero-order valence-corrected chi connectivity index (χ0v) is 35.6. The maximum atomic E-state index is 12.8. The van der Waals surface area contributed by atoms with Crippen LogP contribution in [0.4, 0.5) is 0 Å². The Morgan fingerprint density at radius 3 is 1.45 bits per heavy atom. The van der Waals surface area contributed by atoms with Crippen molar-refractivity contribution >= 4 is 16.4 Å². The Morgan fingerprint density at radius 1 is 0.618 bits per heavy atom. The maximum absolute atomic E-state index is 12.8. The van der Waals surface area contributed by atoms with E-state index in [4.69, 9.17) is 23.5 Å². The molecule has 0 bridgehead atoms. The molecule has 13 heteroatoms. The van der Waals surface area contributed by atoms with Gasteiger partial charge in [0.15, 0.2) is 6.29 Å². The van der Waals surface area contributed by atoms with Crippen LogP contribution in [0.15, 0.2) is 0 Å². The Balaban J connectivity index is 2.43. The minimum absolute atomic E-state index is 0.0443. The lowest BCUT2D eigenvalue weighted by molar-refractivity contribution is -0.301. The average Bonchev–Trinajstić information content (AvgIpc) is 3.15. The lowest BCUT2D eigenvalue weighted by Crippen LogP contribution is -2.60. The van der Waals surface area contributed by atoms with Gasteiger partial charge in [0.05, 0.1) is 19.8 Å². The number of hydrogen-bond donors (Lipinski definition) is 4. The lowest BCUT2D eigenvalue weighted by atomic mass is 9.99. The van der Waals surface area contributed by atoms with Crippen molar-refractivity contribution in [3.05, 3.63) is 0 Å². The Labute approximate surface area is 335 Å². The quantitative estimate of drug-likeness (QED) is 0.0264. The highest BCUT2D eigenvalue weighted by Gasteiger charge is 2.48. The minimum Gasteiger partial charge on any atom is -0.457 e. The van der Waals surface area contributed by atoms with Gasteiger partial charge in [0.1, 0.15) is 30.5 Å². The topological polar surface area (TPSA) is 178 Å². The summed E-state index contributed by atoms with van der Waals surface area (Å²) in [6.07, 6.45) is 25.6. The highest BCUT2D eigenvalue weighted by atomic mass is 32.3. The van der Waals surface area contributed by atoms with Crippen LogP contribution in [0.3, 0.4) is 0 Å². The van der Waals surface area contributed by atoms with Gasteiger partial charge in [-0.1, -0.05) is 181 Å². The van der Waals surface area contributed by atoms with Crippen molar-refractivity contribution in [2.45, 2.75) is 237 Å². The molecular formula is C42H82O12S. The van der Waals surface area contributed by atoms with E-state index in [9.17, 15) is 28.5 Å². The number of aliphatic hydroxyl groups is 3. The van der Waals surface area contributed by atoms with Gasteiger partial charge in [-0.25, -0.2) is 4.18 Å². The zero-order valence-electron chi connectivity index (χ0n) is 34.8. The van der Waals surface area contributed by atoms with Crippen LogP contribution in [0, 0.1) is 0 Å². The van der Waals surface area contributed by atoms with E-state index in [0.29, 0.717) is 13.0 Å². The highest BCUT2D eigenvalue weighted by Crippen LogP contribution is 2.26. The summed E-state index contributed by atoms with van der Waals surface area (Å²) in [6, 6.07) is 0. The van der Waals surface area contributed by atoms with Crippen LogP contribution in [0.25, 0.3) is 0 Å². The van der Waals surface area contributed by atoms with E-state index in [1.54, 1.807) is 0 Å². The Bertz CT molecular complexity index is 984. The van der Waals surface area contributed by atoms with Crippen molar-refractivity contribution in [1.82, 2.24) is 0 Å². The Morgan fingerprint density at radius 2 is 1.04 bits per heavy atom. The molecule has 1 saturated heterocycles. The number of hydrogen-bond acceptors (Lipinski definition) is 11. The van der Waals surface area contributed by atoms with Crippen molar-refractivity contribution in [2.75, 3.05) is 26.4 Å². The number of carbonyl (C=O) groups excluding carboxylic acids is 1. The number of ether oxygens (including phenoxy) is 4. The monoisotopic (exact) mass is 811 g/mol. The number of esters is 1. The molecule has 1 aliphatic rings. The fraction of sp³-hybridized carbons (Fsp3) is 0.976. The second-order valence-electron chi connectivity index (χ2n) is 15.7. The molecule has 1 aliphatic heterocycles. The third kappa shape index (κ3) is 29.0. The molecule has 1 heterocycles. The van der Waals surface area contributed by atoms with Crippen LogP contribution in [0.1, 0.15) is 200 Å². The van der Waals surface area contributed by atoms with Gasteiger partial charge in [0, 0.05) is 13.0 Å². The fourth-order valence-corrected chi connectivity index (χ4v) is 7.59. The number of carbonyl (C=O) groups is 1. The molecule has 0 amide bonds. The predicted octanol–water partition coefficient (Wildman–Crippen LogP) is 8.91. The molecule has 1 fully saturated rings. The van der Waals surface area contributed by atoms with Gasteiger partial charge in [-0.15, -0.1) is 0 Å². The molecular weight excluding hydrogens is 729 g/mol. The molecule has 0 aromatic rings. The van der Waals surface area contributed by atoms with Gasteiger partial charge < -0.3 is 34.3 Å². The van der Waals surface area contributed by atoms with E-state index < -0.39 is 59.8 Å². The molecule has 0 radical (unpaired) electrons. The van der Waals surface area contributed by atoms with Crippen LogP contribution in [0.2, 0.25) is 0 Å². The molecule has 1 rings (SSSR count).